The summed E-state index contributed by atoms with van der Waals surface area (Å²) in [6.45, 7) is 10.8. The number of allylic oxidation sites excluding steroid dienone is 1. The van der Waals surface area contributed by atoms with Crippen molar-refractivity contribution < 1.29 is 79.1 Å². The fourth-order valence-electron chi connectivity index (χ4n) is 14.2. The third kappa shape index (κ3) is 7.49. The first kappa shape index (κ1) is 46.2. The van der Waals surface area contributed by atoms with Gasteiger partial charge in [0.2, 0.25) is 0 Å². The largest absolute Gasteiger partial charge is 0.394 e. The first-order valence-electron chi connectivity index (χ1n) is 23.5. The van der Waals surface area contributed by atoms with Gasteiger partial charge in [-0.05, 0) is 105 Å². The molecule has 26 atom stereocenters. The lowest BCUT2D eigenvalue weighted by atomic mass is 9.47. The Kier molecular flexibility index (Phi) is 12.9. The van der Waals surface area contributed by atoms with E-state index in [0.717, 1.165) is 38.6 Å². The van der Waals surface area contributed by atoms with Gasteiger partial charge >= 0.3 is 0 Å². The van der Waals surface area contributed by atoms with Gasteiger partial charge in [0.1, 0.15) is 72.9 Å². The molecule has 10 N–H and O–H groups in total. The number of aliphatic hydroxyl groups is 9. The molecular formula is C45H73NO16. The van der Waals surface area contributed by atoms with Crippen molar-refractivity contribution in [3.8, 4) is 0 Å². The number of nitrogens with one attached hydrogen (secondary N) is 1. The van der Waals surface area contributed by atoms with Crippen molar-refractivity contribution in [2.75, 3.05) is 19.8 Å². The second kappa shape index (κ2) is 17.3. The summed E-state index contributed by atoms with van der Waals surface area (Å²) in [6, 6.07) is 0. The molecule has 0 aromatic rings. The molecule has 62 heavy (non-hydrogen) atoms. The maximum absolute atomic E-state index is 11.6. The molecule has 3 saturated carbocycles. The second-order valence-electron chi connectivity index (χ2n) is 21.2. The van der Waals surface area contributed by atoms with E-state index in [-0.39, 0.29) is 22.7 Å². The summed E-state index contributed by atoms with van der Waals surface area (Å²) in [6.07, 6.45) is -11.9. The molecule has 9 aliphatic rings. The molecule has 17 nitrogen and oxygen atoms in total. The van der Waals surface area contributed by atoms with Crippen LogP contribution >= 0.6 is 0 Å². The Labute approximate surface area is 364 Å². The highest BCUT2D eigenvalue weighted by Crippen LogP contribution is 2.70. The number of aliphatic hydroxyl groups excluding tert-OH is 9. The molecular weight excluding hydrogens is 810 g/mol. The molecule has 5 aliphatic heterocycles. The van der Waals surface area contributed by atoms with Crippen molar-refractivity contribution in [1.82, 2.24) is 5.32 Å². The van der Waals surface area contributed by atoms with Crippen LogP contribution in [0.1, 0.15) is 92.4 Å². The van der Waals surface area contributed by atoms with E-state index >= 15 is 0 Å². The second-order valence-corrected chi connectivity index (χ2v) is 21.2. The molecule has 0 bridgehead atoms. The van der Waals surface area contributed by atoms with E-state index in [2.05, 4.69) is 39.1 Å². The van der Waals surface area contributed by atoms with Gasteiger partial charge in [0.15, 0.2) is 18.9 Å². The van der Waals surface area contributed by atoms with Crippen molar-refractivity contribution in [3.63, 3.8) is 0 Å². The van der Waals surface area contributed by atoms with Gasteiger partial charge in [-0.25, -0.2) is 0 Å². The third-order valence-corrected chi connectivity index (χ3v) is 17.9. The molecule has 1 spiro atoms. The van der Waals surface area contributed by atoms with Gasteiger partial charge in [-0.3, -0.25) is 5.32 Å². The van der Waals surface area contributed by atoms with Crippen LogP contribution in [0.4, 0.5) is 0 Å². The fraction of sp³-hybridized carbons (Fsp3) is 0.956. The lowest BCUT2D eigenvalue weighted by Gasteiger charge is -2.59. The van der Waals surface area contributed by atoms with Crippen LogP contribution in [-0.2, 0) is 33.2 Å². The predicted octanol–water partition coefficient (Wildman–Crippen LogP) is -0.213. The van der Waals surface area contributed by atoms with Crippen molar-refractivity contribution >= 4 is 0 Å². The van der Waals surface area contributed by atoms with Gasteiger partial charge in [-0.15, -0.1) is 0 Å². The Morgan fingerprint density at radius 1 is 0.694 bits per heavy atom. The lowest BCUT2D eigenvalue weighted by molar-refractivity contribution is -0.394. The molecule has 5 heterocycles. The van der Waals surface area contributed by atoms with Gasteiger partial charge < -0.3 is 79.1 Å². The van der Waals surface area contributed by atoms with Crippen LogP contribution in [-0.4, -0.2) is 176 Å². The number of piperidine rings is 1. The third-order valence-electron chi connectivity index (χ3n) is 17.9. The molecule has 0 radical (unpaired) electrons. The van der Waals surface area contributed by atoms with E-state index in [1.54, 1.807) is 0 Å². The van der Waals surface area contributed by atoms with E-state index in [0.29, 0.717) is 48.3 Å². The SMILES string of the molecule is C[C@H]1CC[C@@]2(NC1)O[C@H]1C[C@H]3[C@@H]4CC=C5C[C@@H](O[C@@H]6O[C@H](CO)[C@H](O)[C@H](O[C@@H]7O[C@H](CO)[C@@H](O)[C@H](O)[C@H]7O)[C@H]6O[C@@H]6O[C@@H](C)[C@H](O)[C@@H](O)[C@H]6O)CC[C@]5(C)[C@H]4CC[C@]3(C)[C@H]1[C@@H]2C. The average Bonchev–Trinajstić information content (AvgIpc) is 3.70. The highest BCUT2D eigenvalue weighted by Gasteiger charge is 2.68. The number of hydrogen-bond donors (Lipinski definition) is 10. The summed E-state index contributed by atoms with van der Waals surface area (Å²) >= 11 is 0. The Morgan fingerprint density at radius 2 is 1.35 bits per heavy atom. The van der Waals surface area contributed by atoms with E-state index in [1.807, 2.05) is 0 Å². The average molecular weight is 884 g/mol. The summed E-state index contributed by atoms with van der Waals surface area (Å²) in [7, 11) is 0. The molecule has 0 aromatic carbocycles. The van der Waals surface area contributed by atoms with Crippen LogP contribution < -0.4 is 5.32 Å². The molecule has 5 saturated heterocycles. The van der Waals surface area contributed by atoms with E-state index in [4.69, 9.17) is 33.2 Å². The van der Waals surface area contributed by atoms with Gasteiger partial charge in [-0.2, -0.15) is 0 Å². The normalized spacial score (nSPS) is 57.6. The number of hydrogen-bond acceptors (Lipinski definition) is 17. The summed E-state index contributed by atoms with van der Waals surface area (Å²) < 4.78 is 43.9. The molecule has 0 aromatic heterocycles. The molecule has 354 valence electrons. The quantitative estimate of drug-likeness (QED) is 0.142. The topological polar surface area (TPSA) is 259 Å². The van der Waals surface area contributed by atoms with Crippen LogP contribution in [0.5, 0.6) is 0 Å². The van der Waals surface area contributed by atoms with Gasteiger partial charge in [-0.1, -0.05) is 39.3 Å². The molecule has 0 amide bonds. The van der Waals surface area contributed by atoms with Gasteiger partial charge in [0, 0.05) is 12.5 Å². The maximum atomic E-state index is 11.6. The molecule has 17 heteroatoms. The minimum absolute atomic E-state index is 0.0361. The van der Waals surface area contributed by atoms with E-state index in [9.17, 15) is 46.0 Å². The summed E-state index contributed by atoms with van der Waals surface area (Å²) in [5.74, 6) is 3.32. The maximum Gasteiger partial charge on any atom is 0.187 e. The zero-order valence-corrected chi connectivity index (χ0v) is 36.7. The highest BCUT2D eigenvalue weighted by molar-refractivity contribution is 5.26. The first-order chi connectivity index (χ1) is 29.4. The van der Waals surface area contributed by atoms with E-state index in [1.165, 1.54) is 25.3 Å². The molecule has 9 rings (SSSR count). The van der Waals surface area contributed by atoms with Crippen molar-refractivity contribution in [1.29, 1.82) is 0 Å². The first-order valence-corrected chi connectivity index (χ1v) is 23.5. The summed E-state index contributed by atoms with van der Waals surface area (Å²) in [5.41, 5.74) is 1.32. The van der Waals surface area contributed by atoms with Crippen LogP contribution in [0.15, 0.2) is 11.6 Å². The van der Waals surface area contributed by atoms with Crippen LogP contribution in [0.25, 0.3) is 0 Å². The minimum atomic E-state index is -1.84. The molecule has 0 unspecified atom stereocenters. The van der Waals surface area contributed by atoms with E-state index < -0.39 is 111 Å². The lowest BCUT2D eigenvalue weighted by Crippen LogP contribution is -2.67. The van der Waals surface area contributed by atoms with Crippen LogP contribution in [0.3, 0.4) is 0 Å². The monoisotopic (exact) mass is 883 g/mol. The molecule has 4 aliphatic carbocycles. The standard InChI is InChI=1S/C45H73NO16/c1-19-8-13-45(46-16-19)20(2)30-27(62-45)15-26-24-7-6-22-14-23(9-11-43(22,4)25(24)10-12-44(26,30)5)57-42-39(61-40-36(54)34(52)31(49)21(3)56-40)38(33(51)29(18-48)59-42)60-41-37(55)35(53)32(50)28(17-47)58-41/h6,19-21,23-42,46-55H,7-18H2,1-5H3/t19-,20-,21-,23-,24+,25-,26-,27-,28+,29+,30-,31-,32+,33-,34+,35-,36+,37+,38-,39+,40-,41-,42+,43-,44-,45+/m0/s1. The Hall–Kier alpha value is -0.940. The zero-order chi connectivity index (χ0) is 44.2. The van der Waals surface area contributed by atoms with Crippen LogP contribution in [0, 0.1) is 46.3 Å². The smallest absolute Gasteiger partial charge is 0.187 e. The fourth-order valence-corrected chi connectivity index (χ4v) is 14.2. The number of rotatable bonds is 8. The molecule has 8 fully saturated rings. The zero-order valence-electron chi connectivity index (χ0n) is 36.7. The Balaban J connectivity index is 0.940. The summed E-state index contributed by atoms with van der Waals surface area (Å²) in [4.78, 5) is 0. The van der Waals surface area contributed by atoms with Gasteiger partial charge in [0.05, 0.1) is 31.5 Å². The number of fused-ring (bicyclic) bond motifs is 7. The number of ether oxygens (including phenoxy) is 7. The van der Waals surface area contributed by atoms with Crippen molar-refractivity contribution in [3.05, 3.63) is 11.6 Å². The van der Waals surface area contributed by atoms with Crippen molar-refractivity contribution in [2.24, 2.45) is 46.3 Å². The Morgan fingerprint density at radius 3 is 2.05 bits per heavy atom. The summed E-state index contributed by atoms with van der Waals surface area (Å²) in [5, 5.41) is 99.7. The highest BCUT2D eigenvalue weighted by atomic mass is 16.8. The van der Waals surface area contributed by atoms with Gasteiger partial charge in [0.25, 0.3) is 0 Å². The van der Waals surface area contributed by atoms with Crippen LogP contribution in [0.2, 0.25) is 0 Å². The van der Waals surface area contributed by atoms with Crippen molar-refractivity contribution in [2.45, 2.75) is 202 Å². The minimum Gasteiger partial charge on any atom is -0.394 e. The Bertz CT molecular complexity index is 1610. The predicted molar refractivity (Wildman–Crippen MR) is 216 cm³/mol.